The third-order valence-corrected chi connectivity index (χ3v) is 3.24. The third kappa shape index (κ3) is 4.62. The van der Waals surface area contributed by atoms with Gasteiger partial charge in [0, 0.05) is 12.6 Å². The molecule has 0 aliphatic carbocycles. The Morgan fingerprint density at radius 3 is 2.81 bits per heavy atom. The van der Waals surface area contributed by atoms with Crippen LogP contribution in [0.1, 0.15) is 38.7 Å². The second-order valence-corrected chi connectivity index (χ2v) is 5.03. The molecule has 1 aromatic rings. The van der Waals surface area contributed by atoms with Crippen LogP contribution in [0.15, 0.2) is 22.7 Å². The van der Waals surface area contributed by atoms with E-state index in [2.05, 4.69) is 35.1 Å². The molecule has 0 saturated carbocycles. The van der Waals surface area contributed by atoms with Crippen LogP contribution in [0.5, 0.6) is 0 Å². The lowest BCUT2D eigenvalue weighted by atomic mass is 10.1. The highest BCUT2D eigenvalue weighted by atomic mass is 79.9. The first-order valence-corrected chi connectivity index (χ1v) is 6.60. The highest BCUT2D eigenvalue weighted by Gasteiger charge is 2.03. The van der Waals surface area contributed by atoms with Crippen molar-refractivity contribution in [3.63, 3.8) is 0 Å². The number of benzene rings is 1. The Bertz CT molecular complexity index is 328. The Morgan fingerprint density at radius 1 is 1.44 bits per heavy atom. The van der Waals surface area contributed by atoms with Gasteiger partial charge in [-0.3, -0.25) is 0 Å². The van der Waals surface area contributed by atoms with Gasteiger partial charge in [0.05, 0.1) is 4.47 Å². The number of unbranched alkanes of at least 4 members (excludes halogenated alkanes) is 1. The molecule has 0 amide bonds. The van der Waals surface area contributed by atoms with Gasteiger partial charge >= 0.3 is 0 Å². The second-order valence-electron chi connectivity index (χ2n) is 4.17. The minimum atomic E-state index is -0.206. The molecule has 1 nitrogen and oxygen atoms in total. The lowest BCUT2D eigenvalue weighted by Crippen LogP contribution is -2.25. The normalized spacial score (nSPS) is 12.8. The fourth-order valence-corrected chi connectivity index (χ4v) is 1.98. The molecule has 0 aliphatic rings. The van der Waals surface area contributed by atoms with E-state index in [4.69, 9.17) is 0 Å². The molecule has 1 rings (SSSR count). The summed E-state index contributed by atoms with van der Waals surface area (Å²) >= 11 is 3.19. The number of nitrogens with one attached hydrogen (secondary N) is 1. The Morgan fingerprint density at radius 2 is 2.19 bits per heavy atom. The molecule has 3 heteroatoms. The van der Waals surface area contributed by atoms with Gasteiger partial charge in [-0.05, 0) is 47.0 Å². The van der Waals surface area contributed by atoms with Crippen LogP contribution in [-0.2, 0) is 6.54 Å². The molecule has 1 N–H and O–H groups in total. The summed E-state index contributed by atoms with van der Waals surface area (Å²) in [6, 6.07) is 5.66. The summed E-state index contributed by atoms with van der Waals surface area (Å²) in [6.45, 7) is 5.18. The van der Waals surface area contributed by atoms with E-state index in [1.807, 2.05) is 12.1 Å². The van der Waals surface area contributed by atoms with E-state index in [0.717, 1.165) is 12.1 Å². The second kappa shape index (κ2) is 7.02. The predicted octanol–water partition coefficient (Wildman–Crippen LogP) is 4.26. The molecule has 0 fully saturated rings. The zero-order valence-corrected chi connectivity index (χ0v) is 11.5. The SMILES string of the molecule is CCCCC(C)NCc1ccc(F)c(Br)c1. The molecular formula is C13H19BrFN. The van der Waals surface area contributed by atoms with Gasteiger partial charge in [-0.2, -0.15) is 0 Å². The molecule has 0 radical (unpaired) electrons. The van der Waals surface area contributed by atoms with E-state index < -0.39 is 0 Å². The highest BCUT2D eigenvalue weighted by Crippen LogP contribution is 2.16. The maximum atomic E-state index is 13.0. The van der Waals surface area contributed by atoms with Crippen molar-refractivity contribution >= 4 is 15.9 Å². The Balaban J connectivity index is 2.39. The molecule has 0 aliphatic heterocycles. The summed E-state index contributed by atoms with van der Waals surface area (Å²) in [5, 5.41) is 3.44. The van der Waals surface area contributed by atoms with Crippen molar-refractivity contribution in [2.24, 2.45) is 0 Å². The van der Waals surface area contributed by atoms with Crippen LogP contribution in [0, 0.1) is 5.82 Å². The van der Waals surface area contributed by atoms with E-state index >= 15 is 0 Å². The van der Waals surface area contributed by atoms with Gasteiger partial charge in [0.2, 0.25) is 0 Å². The van der Waals surface area contributed by atoms with Gasteiger partial charge < -0.3 is 5.32 Å². The smallest absolute Gasteiger partial charge is 0.137 e. The molecular weight excluding hydrogens is 269 g/mol. The number of hydrogen-bond acceptors (Lipinski definition) is 1. The first-order chi connectivity index (χ1) is 7.63. The standard InChI is InChI=1S/C13H19BrFN/c1-3-4-5-10(2)16-9-11-6-7-13(15)12(14)8-11/h6-8,10,16H,3-5,9H2,1-2H3. The van der Waals surface area contributed by atoms with Crippen LogP contribution in [0.4, 0.5) is 4.39 Å². The van der Waals surface area contributed by atoms with Crippen molar-refractivity contribution in [2.45, 2.75) is 45.7 Å². The fourth-order valence-electron chi connectivity index (χ4n) is 1.55. The molecule has 0 bridgehead atoms. The van der Waals surface area contributed by atoms with Crippen molar-refractivity contribution in [1.29, 1.82) is 0 Å². The van der Waals surface area contributed by atoms with Crippen molar-refractivity contribution in [2.75, 3.05) is 0 Å². The lowest BCUT2D eigenvalue weighted by Gasteiger charge is -2.13. The molecule has 90 valence electrons. The van der Waals surface area contributed by atoms with Gasteiger partial charge in [-0.25, -0.2) is 4.39 Å². The molecule has 0 aromatic heterocycles. The summed E-state index contributed by atoms with van der Waals surface area (Å²) in [7, 11) is 0. The third-order valence-electron chi connectivity index (χ3n) is 2.63. The average molecular weight is 288 g/mol. The number of rotatable bonds is 6. The van der Waals surface area contributed by atoms with E-state index in [0.29, 0.717) is 10.5 Å². The van der Waals surface area contributed by atoms with E-state index in [1.54, 1.807) is 0 Å². The largest absolute Gasteiger partial charge is 0.310 e. The lowest BCUT2D eigenvalue weighted by molar-refractivity contribution is 0.494. The zero-order chi connectivity index (χ0) is 12.0. The van der Waals surface area contributed by atoms with Crippen LogP contribution in [0.25, 0.3) is 0 Å². The summed E-state index contributed by atoms with van der Waals surface area (Å²) in [5.41, 5.74) is 1.11. The van der Waals surface area contributed by atoms with Crippen LogP contribution in [0.2, 0.25) is 0 Å². The molecule has 1 aromatic carbocycles. The van der Waals surface area contributed by atoms with Crippen molar-refractivity contribution in [3.05, 3.63) is 34.1 Å². The molecule has 1 unspecified atom stereocenters. The molecule has 16 heavy (non-hydrogen) atoms. The maximum absolute atomic E-state index is 13.0. The van der Waals surface area contributed by atoms with E-state index in [9.17, 15) is 4.39 Å². The summed E-state index contributed by atoms with van der Waals surface area (Å²) in [5.74, 6) is -0.206. The van der Waals surface area contributed by atoms with Crippen LogP contribution < -0.4 is 5.32 Å². The van der Waals surface area contributed by atoms with Gasteiger partial charge in [-0.15, -0.1) is 0 Å². The maximum Gasteiger partial charge on any atom is 0.137 e. The summed E-state index contributed by atoms with van der Waals surface area (Å²) in [4.78, 5) is 0. The average Bonchev–Trinajstić information content (AvgIpc) is 2.28. The minimum absolute atomic E-state index is 0.206. The van der Waals surface area contributed by atoms with E-state index in [1.165, 1.54) is 25.3 Å². The van der Waals surface area contributed by atoms with Crippen LogP contribution in [0.3, 0.4) is 0 Å². The van der Waals surface area contributed by atoms with Crippen molar-refractivity contribution < 1.29 is 4.39 Å². The Labute approximate surface area is 106 Å². The monoisotopic (exact) mass is 287 g/mol. The molecule has 0 saturated heterocycles. The topological polar surface area (TPSA) is 12.0 Å². The van der Waals surface area contributed by atoms with Gasteiger partial charge in [0.1, 0.15) is 5.82 Å². The quantitative estimate of drug-likeness (QED) is 0.825. The molecule has 0 heterocycles. The van der Waals surface area contributed by atoms with Gasteiger partial charge in [0.25, 0.3) is 0 Å². The van der Waals surface area contributed by atoms with Crippen molar-refractivity contribution in [3.8, 4) is 0 Å². The van der Waals surface area contributed by atoms with Crippen molar-refractivity contribution in [1.82, 2.24) is 5.32 Å². The summed E-state index contributed by atoms with van der Waals surface area (Å²) < 4.78 is 13.5. The first kappa shape index (κ1) is 13.7. The van der Waals surface area contributed by atoms with E-state index in [-0.39, 0.29) is 5.82 Å². The highest BCUT2D eigenvalue weighted by molar-refractivity contribution is 9.10. The number of halogens is 2. The first-order valence-electron chi connectivity index (χ1n) is 5.80. The van der Waals surface area contributed by atoms with Gasteiger partial charge in [-0.1, -0.05) is 25.8 Å². The minimum Gasteiger partial charge on any atom is -0.310 e. The zero-order valence-electron chi connectivity index (χ0n) is 9.89. The number of hydrogen-bond donors (Lipinski definition) is 1. The predicted molar refractivity (Wildman–Crippen MR) is 69.9 cm³/mol. The Kier molecular flexibility index (Phi) is 5.99. The van der Waals surface area contributed by atoms with Crippen LogP contribution in [-0.4, -0.2) is 6.04 Å². The molecule has 1 atom stereocenters. The Hall–Kier alpha value is -0.410. The fraction of sp³-hybridized carbons (Fsp3) is 0.538. The van der Waals surface area contributed by atoms with Crippen LogP contribution >= 0.6 is 15.9 Å². The molecule has 0 spiro atoms. The van der Waals surface area contributed by atoms with Gasteiger partial charge in [0.15, 0.2) is 0 Å². The summed E-state index contributed by atoms with van der Waals surface area (Å²) in [6.07, 6.45) is 3.67.